The molecule has 1 saturated heterocycles. The first kappa shape index (κ1) is 20.9. The summed E-state index contributed by atoms with van der Waals surface area (Å²) < 4.78 is 11.8. The fourth-order valence-corrected chi connectivity index (χ4v) is 4.45. The van der Waals surface area contributed by atoms with Gasteiger partial charge in [0.15, 0.2) is 0 Å². The van der Waals surface area contributed by atoms with Crippen molar-refractivity contribution < 1.29 is 19.1 Å². The second kappa shape index (κ2) is 6.90. The first-order valence-electron chi connectivity index (χ1n) is 9.43. The fraction of sp³-hybridized carbons (Fsp3) is 0.650. The Morgan fingerprint density at radius 2 is 1.71 bits per heavy atom. The van der Waals surface area contributed by atoms with Crippen LogP contribution < -0.4 is 5.32 Å². The molecule has 2 amide bonds. The summed E-state index contributed by atoms with van der Waals surface area (Å²) in [7, 11) is 0. The summed E-state index contributed by atoms with van der Waals surface area (Å²) in [5, 5.41) is 3.06. The third-order valence-corrected chi connectivity index (χ3v) is 5.53. The number of nitrogens with one attached hydrogen (secondary N) is 1. The lowest BCUT2D eigenvalue weighted by Crippen LogP contribution is -2.47. The highest BCUT2D eigenvalue weighted by molar-refractivity contribution is 9.10. The van der Waals surface area contributed by atoms with Crippen LogP contribution in [-0.2, 0) is 15.0 Å². The van der Waals surface area contributed by atoms with Crippen LogP contribution >= 0.6 is 15.9 Å². The topological polar surface area (TPSA) is 80.8 Å². The van der Waals surface area contributed by atoms with Crippen molar-refractivity contribution in [2.75, 3.05) is 13.1 Å². The van der Waals surface area contributed by atoms with E-state index in [0.717, 1.165) is 10.2 Å². The average Bonchev–Trinajstić information content (AvgIpc) is 2.89. The average molecular weight is 454 g/mol. The Bertz CT molecular complexity index is 772. The number of pyridine rings is 1. The highest BCUT2D eigenvalue weighted by Gasteiger charge is 2.72. The molecule has 8 heteroatoms. The van der Waals surface area contributed by atoms with Crippen molar-refractivity contribution >= 4 is 28.1 Å². The second-order valence-electron chi connectivity index (χ2n) is 9.43. The number of fused-ring (bicyclic) bond motifs is 1. The van der Waals surface area contributed by atoms with Crippen molar-refractivity contribution in [2.24, 2.45) is 11.8 Å². The van der Waals surface area contributed by atoms with Crippen LogP contribution in [0.3, 0.4) is 0 Å². The first-order chi connectivity index (χ1) is 12.8. The monoisotopic (exact) mass is 453 g/mol. The summed E-state index contributed by atoms with van der Waals surface area (Å²) in [5.41, 5.74) is -1.03. The number of ether oxygens (including phenoxy) is 2. The third-order valence-electron chi connectivity index (χ3n) is 4.89. The van der Waals surface area contributed by atoms with E-state index in [0.29, 0.717) is 13.1 Å². The molecule has 154 valence electrons. The molecule has 2 heterocycles. The van der Waals surface area contributed by atoms with Gasteiger partial charge in [-0.25, -0.2) is 9.59 Å². The number of piperidine rings is 1. The number of aromatic nitrogens is 1. The molecule has 3 atom stereocenters. The molecule has 2 aliphatic rings. The van der Waals surface area contributed by atoms with Gasteiger partial charge in [0.1, 0.15) is 11.2 Å². The van der Waals surface area contributed by atoms with Crippen LogP contribution in [0.4, 0.5) is 9.59 Å². The summed E-state index contributed by atoms with van der Waals surface area (Å²) in [6.07, 6.45) is 0.896. The van der Waals surface area contributed by atoms with Crippen LogP contribution in [0.1, 0.15) is 47.2 Å². The van der Waals surface area contributed by atoms with Crippen molar-refractivity contribution in [2.45, 2.75) is 58.3 Å². The van der Waals surface area contributed by atoms with Gasteiger partial charge in [-0.3, -0.25) is 4.98 Å². The molecule has 0 aromatic carbocycles. The van der Waals surface area contributed by atoms with Gasteiger partial charge in [0.05, 0.1) is 11.2 Å². The molecular formula is C20H28BrN3O4. The zero-order valence-corrected chi connectivity index (χ0v) is 18.8. The van der Waals surface area contributed by atoms with Crippen molar-refractivity contribution in [3.63, 3.8) is 0 Å². The SMILES string of the molecule is CC(C)(C)OC(=O)NC1(c2ncccc2Br)C2CN(C(=O)OC(C)(C)C)C[C@@H]21. The number of carbonyl (C=O) groups is 2. The molecule has 7 nitrogen and oxygen atoms in total. The lowest BCUT2D eigenvalue weighted by Gasteiger charge is -2.30. The van der Waals surface area contributed by atoms with Gasteiger partial charge in [-0.05, 0) is 69.6 Å². The predicted octanol–water partition coefficient (Wildman–Crippen LogP) is 4.06. The first-order valence-corrected chi connectivity index (χ1v) is 10.2. The maximum atomic E-state index is 12.6. The minimum Gasteiger partial charge on any atom is -0.444 e. The van der Waals surface area contributed by atoms with Crippen molar-refractivity contribution in [1.29, 1.82) is 0 Å². The molecular weight excluding hydrogens is 426 g/mol. The number of likely N-dealkylation sites (tertiary alicyclic amines) is 1. The van der Waals surface area contributed by atoms with Gasteiger partial charge >= 0.3 is 12.2 Å². The lowest BCUT2D eigenvalue weighted by molar-refractivity contribution is 0.0249. The van der Waals surface area contributed by atoms with E-state index in [-0.39, 0.29) is 17.9 Å². The molecule has 1 saturated carbocycles. The van der Waals surface area contributed by atoms with Crippen molar-refractivity contribution in [3.05, 3.63) is 28.5 Å². The second-order valence-corrected chi connectivity index (χ2v) is 10.3. The minimum absolute atomic E-state index is 0.0544. The van der Waals surface area contributed by atoms with Crippen molar-refractivity contribution in [1.82, 2.24) is 15.2 Å². The minimum atomic E-state index is -0.652. The molecule has 1 aliphatic heterocycles. The molecule has 0 radical (unpaired) electrons. The Morgan fingerprint density at radius 3 is 2.21 bits per heavy atom. The Morgan fingerprint density at radius 1 is 1.14 bits per heavy atom. The molecule has 0 spiro atoms. The predicted molar refractivity (Wildman–Crippen MR) is 108 cm³/mol. The fourth-order valence-electron chi connectivity index (χ4n) is 3.86. The number of hydrogen-bond donors (Lipinski definition) is 1. The molecule has 1 aromatic rings. The van der Waals surface area contributed by atoms with Crippen LogP contribution in [-0.4, -0.2) is 46.4 Å². The molecule has 1 N–H and O–H groups in total. The smallest absolute Gasteiger partial charge is 0.410 e. The standard InChI is InChI=1S/C20H28BrN3O4/c1-18(2,3)27-16(25)23-20(15-14(21)8-7-9-22-15)12-10-24(11-13(12)20)17(26)28-19(4,5)6/h7-9,12-13H,10-11H2,1-6H3,(H,23,25)/t12-,13?,20?/m0/s1. The third kappa shape index (κ3) is 4.11. The zero-order valence-electron chi connectivity index (χ0n) is 17.2. The van der Waals surface area contributed by atoms with Crippen LogP contribution in [0.5, 0.6) is 0 Å². The number of nitrogens with zero attached hydrogens (tertiary/aromatic N) is 2. The largest absolute Gasteiger partial charge is 0.444 e. The van der Waals surface area contributed by atoms with E-state index in [2.05, 4.69) is 26.2 Å². The van der Waals surface area contributed by atoms with Gasteiger partial charge in [0, 0.05) is 35.6 Å². The van der Waals surface area contributed by atoms with Gasteiger partial charge in [0.2, 0.25) is 0 Å². The molecule has 1 aliphatic carbocycles. The molecule has 0 bridgehead atoms. The highest BCUT2D eigenvalue weighted by Crippen LogP contribution is 2.62. The number of halogens is 1. The van der Waals surface area contributed by atoms with Crippen LogP contribution in [0.25, 0.3) is 0 Å². The van der Waals surface area contributed by atoms with E-state index in [1.165, 1.54) is 0 Å². The maximum Gasteiger partial charge on any atom is 0.410 e. The molecule has 2 unspecified atom stereocenters. The van der Waals surface area contributed by atoms with Crippen LogP contribution in [0.15, 0.2) is 22.8 Å². The van der Waals surface area contributed by atoms with Crippen molar-refractivity contribution in [3.8, 4) is 0 Å². The van der Waals surface area contributed by atoms with Gasteiger partial charge < -0.3 is 19.7 Å². The summed E-state index contributed by atoms with van der Waals surface area (Å²) in [6.45, 7) is 12.0. The van der Waals surface area contributed by atoms with Crippen LogP contribution in [0.2, 0.25) is 0 Å². The Kier molecular flexibility index (Phi) is 5.15. The molecule has 2 fully saturated rings. The summed E-state index contributed by atoms with van der Waals surface area (Å²) >= 11 is 3.56. The van der Waals surface area contributed by atoms with E-state index in [9.17, 15) is 9.59 Å². The zero-order chi connectivity index (χ0) is 20.9. The van der Waals surface area contributed by atoms with Gasteiger partial charge in [0.25, 0.3) is 0 Å². The lowest BCUT2D eigenvalue weighted by atomic mass is 10.1. The van der Waals surface area contributed by atoms with E-state index >= 15 is 0 Å². The quantitative estimate of drug-likeness (QED) is 0.729. The van der Waals surface area contributed by atoms with E-state index in [4.69, 9.17) is 9.47 Å². The van der Waals surface area contributed by atoms with E-state index in [1.807, 2.05) is 53.7 Å². The molecule has 3 rings (SSSR count). The van der Waals surface area contributed by atoms with Gasteiger partial charge in [-0.2, -0.15) is 0 Å². The van der Waals surface area contributed by atoms with E-state index < -0.39 is 22.8 Å². The van der Waals surface area contributed by atoms with E-state index in [1.54, 1.807) is 11.1 Å². The number of amides is 2. The Labute approximate surface area is 174 Å². The summed E-state index contributed by atoms with van der Waals surface area (Å²) in [5.74, 6) is 0.109. The number of hydrogen-bond acceptors (Lipinski definition) is 5. The molecule has 1 aromatic heterocycles. The highest BCUT2D eigenvalue weighted by atomic mass is 79.9. The van der Waals surface area contributed by atoms with Crippen LogP contribution in [0, 0.1) is 11.8 Å². The maximum absolute atomic E-state index is 12.6. The van der Waals surface area contributed by atoms with Gasteiger partial charge in [-0.1, -0.05) is 0 Å². The summed E-state index contributed by atoms with van der Waals surface area (Å²) in [4.78, 5) is 31.2. The number of rotatable bonds is 2. The number of alkyl carbamates (subject to hydrolysis) is 1. The number of carbonyl (C=O) groups excluding carboxylic acids is 2. The molecule has 28 heavy (non-hydrogen) atoms. The Balaban J connectivity index is 1.80. The van der Waals surface area contributed by atoms with Gasteiger partial charge in [-0.15, -0.1) is 0 Å². The summed E-state index contributed by atoms with van der Waals surface area (Å²) in [6, 6.07) is 3.74. The normalized spacial score (nSPS) is 26.5. The Hall–Kier alpha value is -1.83.